The van der Waals surface area contributed by atoms with E-state index >= 15 is 0 Å². The average Bonchev–Trinajstić information content (AvgIpc) is 3.20. The number of hydrogen-bond donors (Lipinski definition) is 1. The van der Waals surface area contributed by atoms with Crippen LogP contribution in [-0.2, 0) is 13.0 Å². The Morgan fingerprint density at radius 1 is 1.19 bits per heavy atom. The molecule has 1 aromatic heterocycles. The van der Waals surface area contributed by atoms with Gasteiger partial charge < -0.3 is 19.7 Å². The number of piperazine rings is 1. The lowest BCUT2D eigenvalue weighted by Crippen LogP contribution is -2.53. The fourth-order valence-corrected chi connectivity index (χ4v) is 3.74. The number of hydrogen-bond acceptors (Lipinski definition) is 4. The lowest BCUT2D eigenvalue weighted by molar-refractivity contribution is 0.371. The molecule has 2 heterocycles. The van der Waals surface area contributed by atoms with E-state index in [9.17, 15) is 0 Å². The Hall–Kier alpha value is -2.10. The van der Waals surface area contributed by atoms with E-state index in [0.717, 1.165) is 63.0 Å². The molecular formula is C23H36IN7. The smallest absolute Gasteiger partial charge is 0.194 e. The summed E-state index contributed by atoms with van der Waals surface area (Å²) >= 11 is 0. The summed E-state index contributed by atoms with van der Waals surface area (Å²) < 4.78 is 2.10. The molecule has 0 amide bonds. The number of rotatable bonds is 7. The van der Waals surface area contributed by atoms with Crippen molar-refractivity contribution in [3.63, 3.8) is 0 Å². The van der Waals surface area contributed by atoms with E-state index in [-0.39, 0.29) is 24.0 Å². The maximum Gasteiger partial charge on any atom is 0.194 e. The van der Waals surface area contributed by atoms with Crippen LogP contribution < -0.4 is 10.2 Å². The Morgan fingerprint density at radius 3 is 2.61 bits per heavy atom. The third-order valence-electron chi connectivity index (χ3n) is 5.64. The molecule has 0 atom stereocenters. The van der Waals surface area contributed by atoms with Gasteiger partial charge in [-0.15, -0.1) is 34.2 Å². The van der Waals surface area contributed by atoms with Gasteiger partial charge in [0.1, 0.15) is 12.2 Å². The number of aliphatic imine (C=N–C) groups is 1. The van der Waals surface area contributed by atoms with Crippen LogP contribution >= 0.6 is 24.0 Å². The molecule has 170 valence electrons. The summed E-state index contributed by atoms with van der Waals surface area (Å²) in [6.45, 7) is 18.7. The Kier molecular flexibility index (Phi) is 9.80. The Labute approximate surface area is 203 Å². The van der Waals surface area contributed by atoms with Gasteiger partial charge in [-0.25, -0.2) is 4.99 Å². The van der Waals surface area contributed by atoms with E-state index in [4.69, 9.17) is 4.99 Å². The molecule has 0 radical (unpaired) electrons. The summed E-state index contributed by atoms with van der Waals surface area (Å²) in [5.41, 5.74) is 5.14. The van der Waals surface area contributed by atoms with Crippen LogP contribution in [0.4, 0.5) is 5.69 Å². The highest BCUT2D eigenvalue weighted by molar-refractivity contribution is 14.0. The maximum absolute atomic E-state index is 4.81. The highest BCUT2D eigenvalue weighted by Crippen LogP contribution is 2.23. The number of benzene rings is 1. The molecule has 7 nitrogen and oxygen atoms in total. The molecular weight excluding hydrogens is 501 g/mol. The molecule has 0 saturated carbocycles. The van der Waals surface area contributed by atoms with Gasteiger partial charge in [-0.1, -0.05) is 31.2 Å². The molecule has 2 aromatic rings. The van der Waals surface area contributed by atoms with Crippen LogP contribution in [0, 0.1) is 13.8 Å². The van der Waals surface area contributed by atoms with Crippen LogP contribution in [0.3, 0.4) is 0 Å². The van der Waals surface area contributed by atoms with Crippen LogP contribution in [0.25, 0.3) is 0 Å². The van der Waals surface area contributed by atoms with Gasteiger partial charge >= 0.3 is 0 Å². The average molecular weight is 537 g/mol. The minimum absolute atomic E-state index is 0. The molecule has 1 N–H and O–H groups in total. The quantitative estimate of drug-likeness (QED) is 0.254. The molecule has 1 saturated heterocycles. The summed E-state index contributed by atoms with van der Waals surface area (Å²) in [4.78, 5) is 9.66. The van der Waals surface area contributed by atoms with Crippen molar-refractivity contribution in [2.24, 2.45) is 4.99 Å². The maximum atomic E-state index is 4.81. The second-order valence-electron chi connectivity index (χ2n) is 8.01. The first-order valence-corrected chi connectivity index (χ1v) is 10.8. The van der Waals surface area contributed by atoms with Crippen LogP contribution in [0.1, 0.15) is 30.8 Å². The molecule has 0 bridgehead atoms. The Bertz CT molecular complexity index is 882. The fraction of sp³-hybridized carbons (Fsp3) is 0.522. The zero-order chi connectivity index (χ0) is 21.5. The second kappa shape index (κ2) is 12.1. The third kappa shape index (κ3) is 6.69. The predicted octanol–water partition coefficient (Wildman–Crippen LogP) is 3.42. The van der Waals surface area contributed by atoms with Crippen LogP contribution in [0.5, 0.6) is 0 Å². The molecule has 0 unspecified atom stereocenters. The van der Waals surface area contributed by atoms with Crippen molar-refractivity contribution in [3.8, 4) is 0 Å². The third-order valence-corrected chi connectivity index (χ3v) is 5.64. The van der Waals surface area contributed by atoms with E-state index in [1.54, 1.807) is 6.33 Å². The van der Waals surface area contributed by atoms with Gasteiger partial charge in [0.25, 0.3) is 0 Å². The van der Waals surface area contributed by atoms with E-state index in [2.05, 4.69) is 75.4 Å². The number of guanidine groups is 1. The van der Waals surface area contributed by atoms with Gasteiger partial charge in [0.05, 0.1) is 6.54 Å². The number of aryl methyl sites for hydroxylation is 2. The molecule has 0 spiro atoms. The highest BCUT2D eigenvalue weighted by Gasteiger charge is 2.21. The summed E-state index contributed by atoms with van der Waals surface area (Å²) in [6.07, 6.45) is 2.69. The standard InChI is InChI=1S/C23H35N7.HI/c1-6-22-27-26-17-30(22)11-10-24-23(25-16-18(2)3)29-14-12-28(13-15-29)21-9-7-8-19(4)20(21)5;/h7-9,17H,2,6,10-16H2,1,3-5H3,(H,24,25);1H. The molecule has 1 aromatic carbocycles. The van der Waals surface area contributed by atoms with E-state index in [0.29, 0.717) is 6.54 Å². The van der Waals surface area contributed by atoms with Gasteiger partial charge in [0.2, 0.25) is 0 Å². The van der Waals surface area contributed by atoms with Gasteiger partial charge in [0, 0.05) is 51.4 Å². The molecule has 3 rings (SSSR count). The number of nitrogens with one attached hydrogen (secondary N) is 1. The van der Waals surface area contributed by atoms with Crippen molar-refractivity contribution in [1.82, 2.24) is 25.0 Å². The Morgan fingerprint density at radius 2 is 1.94 bits per heavy atom. The van der Waals surface area contributed by atoms with Crippen molar-refractivity contribution < 1.29 is 0 Å². The van der Waals surface area contributed by atoms with Gasteiger partial charge in [-0.3, -0.25) is 0 Å². The largest absolute Gasteiger partial charge is 0.368 e. The van der Waals surface area contributed by atoms with Crippen molar-refractivity contribution in [1.29, 1.82) is 0 Å². The first-order valence-electron chi connectivity index (χ1n) is 10.8. The number of halogens is 1. The zero-order valence-corrected chi connectivity index (χ0v) is 21.6. The normalized spacial score (nSPS) is 14.4. The number of nitrogens with zero attached hydrogens (tertiary/aromatic N) is 6. The molecule has 8 heteroatoms. The predicted molar refractivity (Wildman–Crippen MR) is 140 cm³/mol. The van der Waals surface area contributed by atoms with E-state index in [1.807, 2.05) is 6.92 Å². The molecule has 0 aliphatic carbocycles. The zero-order valence-electron chi connectivity index (χ0n) is 19.3. The van der Waals surface area contributed by atoms with Gasteiger partial charge in [0.15, 0.2) is 5.96 Å². The minimum Gasteiger partial charge on any atom is -0.368 e. The molecule has 1 aliphatic rings. The molecule has 1 fully saturated rings. The molecule has 1 aliphatic heterocycles. The second-order valence-corrected chi connectivity index (χ2v) is 8.01. The number of anilines is 1. The first kappa shape index (κ1) is 25.2. The van der Waals surface area contributed by atoms with Gasteiger partial charge in [-0.2, -0.15) is 0 Å². The summed E-state index contributed by atoms with van der Waals surface area (Å²) in [5, 5.41) is 11.7. The van der Waals surface area contributed by atoms with Crippen molar-refractivity contribution >= 4 is 35.6 Å². The first-order chi connectivity index (χ1) is 14.5. The summed E-state index contributed by atoms with van der Waals surface area (Å²) in [7, 11) is 0. The fourth-order valence-electron chi connectivity index (χ4n) is 3.74. The summed E-state index contributed by atoms with van der Waals surface area (Å²) in [5.74, 6) is 1.98. The van der Waals surface area contributed by atoms with Crippen LogP contribution in [-0.4, -0.2) is 64.9 Å². The SMILES string of the molecule is C=C(C)CN=C(NCCn1cnnc1CC)N1CCN(c2cccc(C)c2C)CC1.I. The Balaban J connectivity index is 0.00000341. The molecule has 31 heavy (non-hydrogen) atoms. The van der Waals surface area contributed by atoms with E-state index in [1.165, 1.54) is 16.8 Å². The summed E-state index contributed by atoms with van der Waals surface area (Å²) in [6, 6.07) is 6.57. The topological polar surface area (TPSA) is 61.6 Å². The lowest BCUT2D eigenvalue weighted by Gasteiger charge is -2.38. The van der Waals surface area contributed by atoms with Crippen molar-refractivity contribution in [2.75, 3.05) is 44.2 Å². The van der Waals surface area contributed by atoms with E-state index < -0.39 is 0 Å². The number of aromatic nitrogens is 3. The minimum atomic E-state index is 0. The van der Waals surface area contributed by atoms with Crippen molar-refractivity contribution in [2.45, 2.75) is 40.7 Å². The van der Waals surface area contributed by atoms with Gasteiger partial charge in [-0.05, 0) is 38.0 Å². The van der Waals surface area contributed by atoms with Crippen LogP contribution in [0.15, 0.2) is 41.7 Å². The monoisotopic (exact) mass is 537 g/mol. The lowest BCUT2D eigenvalue weighted by atomic mass is 10.1. The van der Waals surface area contributed by atoms with Crippen LogP contribution in [0.2, 0.25) is 0 Å². The van der Waals surface area contributed by atoms with Crippen molar-refractivity contribution in [3.05, 3.63) is 53.6 Å². The highest BCUT2D eigenvalue weighted by atomic mass is 127.